The van der Waals surface area contributed by atoms with Crippen molar-refractivity contribution in [2.45, 2.75) is 28.2 Å². The SMILES string of the molecule is Br.Br.Cc1ccc(Sc2ccccc2CSC(=N)N)c(CSC(=N)N)c1. The van der Waals surface area contributed by atoms with E-state index in [-0.39, 0.29) is 44.3 Å². The van der Waals surface area contributed by atoms with Gasteiger partial charge in [-0.2, -0.15) is 0 Å². The van der Waals surface area contributed by atoms with Crippen molar-refractivity contribution >= 4 is 79.6 Å². The number of halogens is 2. The number of hydrogen-bond acceptors (Lipinski definition) is 5. The van der Waals surface area contributed by atoms with Gasteiger partial charge in [-0.25, -0.2) is 0 Å². The third kappa shape index (κ3) is 8.39. The van der Waals surface area contributed by atoms with Crippen LogP contribution in [0.25, 0.3) is 0 Å². The molecule has 0 aromatic heterocycles. The highest BCUT2D eigenvalue weighted by molar-refractivity contribution is 8.93. The molecule has 0 atom stereocenters. The Morgan fingerprint density at radius 1 is 0.846 bits per heavy atom. The summed E-state index contributed by atoms with van der Waals surface area (Å²) in [6, 6.07) is 14.5. The van der Waals surface area contributed by atoms with Gasteiger partial charge in [0.2, 0.25) is 0 Å². The van der Waals surface area contributed by atoms with Crippen LogP contribution < -0.4 is 11.5 Å². The molecule has 0 spiro atoms. The molecule has 26 heavy (non-hydrogen) atoms. The zero-order chi connectivity index (χ0) is 17.5. The first-order chi connectivity index (χ1) is 11.5. The highest BCUT2D eigenvalue weighted by Gasteiger charge is 2.10. The molecule has 9 heteroatoms. The molecular weight excluding hydrogens is 516 g/mol. The van der Waals surface area contributed by atoms with Crippen LogP contribution in [0.2, 0.25) is 0 Å². The quantitative estimate of drug-likeness (QED) is 0.285. The number of rotatable bonds is 6. The molecule has 142 valence electrons. The number of hydrogen-bond donors (Lipinski definition) is 4. The number of nitrogens with one attached hydrogen (secondary N) is 2. The van der Waals surface area contributed by atoms with Crippen molar-refractivity contribution in [3.63, 3.8) is 0 Å². The maximum absolute atomic E-state index is 7.42. The Kier molecular flexibility index (Phi) is 12.4. The van der Waals surface area contributed by atoms with Crippen molar-refractivity contribution < 1.29 is 0 Å². The number of thioether (sulfide) groups is 2. The summed E-state index contributed by atoms with van der Waals surface area (Å²) in [5.74, 6) is 1.37. The van der Waals surface area contributed by atoms with E-state index in [1.54, 1.807) is 11.8 Å². The molecule has 0 aliphatic carbocycles. The first kappa shape index (κ1) is 25.4. The highest BCUT2D eigenvalue weighted by atomic mass is 79.9. The second kappa shape index (κ2) is 12.7. The smallest absolute Gasteiger partial charge is 0.151 e. The van der Waals surface area contributed by atoms with Crippen LogP contribution in [0.5, 0.6) is 0 Å². The van der Waals surface area contributed by atoms with Crippen LogP contribution in [-0.2, 0) is 11.5 Å². The van der Waals surface area contributed by atoms with Crippen LogP contribution in [0, 0.1) is 17.7 Å². The molecule has 6 N–H and O–H groups in total. The van der Waals surface area contributed by atoms with Crippen molar-refractivity contribution in [1.29, 1.82) is 10.8 Å². The summed E-state index contributed by atoms with van der Waals surface area (Å²) in [7, 11) is 0. The van der Waals surface area contributed by atoms with E-state index in [1.165, 1.54) is 34.7 Å². The van der Waals surface area contributed by atoms with E-state index in [1.807, 2.05) is 12.1 Å². The largest absolute Gasteiger partial charge is 0.379 e. The van der Waals surface area contributed by atoms with Gasteiger partial charge in [-0.3, -0.25) is 10.8 Å². The number of amidine groups is 2. The Bertz CT molecular complexity index is 757. The van der Waals surface area contributed by atoms with E-state index in [0.29, 0.717) is 11.5 Å². The van der Waals surface area contributed by atoms with Gasteiger partial charge in [-0.1, -0.05) is 71.2 Å². The highest BCUT2D eigenvalue weighted by Crippen LogP contribution is 2.35. The molecule has 0 aliphatic rings. The van der Waals surface area contributed by atoms with Gasteiger partial charge < -0.3 is 11.5 Å². The van der Waals surface area contributed by atoms with Crippen molar-refractivity contribution in [3.05, 3.63) is 59.2 Å². The van der Waals surface area contributed by atoms with Crippen LogP contribution in [0.4, 0.5) is 0 Å². The summed E-state index contributed by atoms with van der Waals surface area (Å²) in [5, 5.41) is 15.1. The lowest BCUT2D eigenvalue weighted by atomic mass is 10.2. The molecule has 0 radical (unpaired) electrons. The third-order valence-corrected chi connectivity index (χ3v) is 5.94. The standard InChI is InChI=1S/C17H20N4S3.2BrH/c1-11-6-7-15(13(8-11)10-23-17(20)21)24-14-5-3-2-4-12(14)9-22-16(18)19;;/h2-8H,9-10H2,1H3,(H3,18,19)(H3,20,21);2*1H. The lowest BCUT2D eigenvalue weighted by Crippen LogP contribution is -2.04. The third-order valence-electron chi connectivity index (χ3n) is 3.17. The minimum absolute atomic E-state index is 0. The monoisotopic (exact) mass is 536 g/mol. The molecule has 2 aromatic carbocycles. The Morgan fingerprint density at radius 2 is 1.38 bits per heavy atom. The Morgan fingerprint density at radius 3 is 2.00 bits per heavy atom. The maximum atomic E-state index is 7.42. The average Bonchev–Trinajstić information content (AvgIpc) is 2.54. The normalized spacial score (nSPS) is 9.73. The fraction of sp³-hybridized carbons (Fsp3) is 0.176. The summed E-state index contributed by atoms with van der Waals surface area (Å²) in [4.78, 5) is 2.32. The molecule has 0 aliphatic heterocycles. The molecule has 0 fully saturated rings. The van der Waals surface area contributed by atoms with Gasteiger partial charge >= 0.3 is 0 Å². The lowest BCUT2D eigenvalue weighted by Gasteiger charge is -2.13. The van der Waals surface area contributed by atoms with Crippen molar-refractivity contribution in [3.8, 4) is 0 Å². The molecule has 0 saturated carbocycles. The first-order valence-electron chi connectivity index (χ1n) is 7.24. The number of nitrogens with two attached hydrogens (primary N) is 2. The van der Waals surface area contributed by atoms with Crippen LogP contribution in [0.3, 0.4) is 0 Å². The van der Waals surface area contributed by atoms with E-state index < -0.39 is 0 Å². The lowest BCUT2D eigenvalue weighted by molar-refractivity contribution is 1.22. The van der Waals surface area contributed by atoms with Crippen LogP contribution in [0.1, 0.15) is 16.7 Å². The van der Waals surface area contributed by atoms with Gasteiger partial charge in [0.1, 0.15) is 0 Å². The second-order valence-electron chi connectivity index (χ2n) is 5.13. The number of benzene rings is 2. The van der Waals surface area contributed by atoms with Gasteiger partial charge in [0.05, 0.1) is 0 Å². The summed E-state index contributed by atoms with van der Waals surface area (Å²) in [6.45, 7) is 2.06. The van der Waals surface area contributed by atoms with Crippen molar-refractivity contribution in [2.24, 2.45) is 11.5 Å². The molecule has 0 bridgehead atoms. The minimum Gasteiger partial charge on any atom is -0.379 e. The van der Waals surface area contributed by atoms with Gasteiger partial charge in [-0.15, -0.1) is 34.0 Å². The molecule has 0 unspecified atom stereocenters. The van der Waals surface area contributed by atoms with Gasteiger partial charge in [0, 0.05) is 21.3 Å². The molecule has 0 saturated heterocycles. The molecule has 0 amide bonds. The van der Waals surface area contributed by atoms with Crippen LogP contribution >= 0.6 is 69.2 Å². The van der Waals surface area contributed by atoms with Crippen LogP contribution in [-0.4, -0.2) is 10.3 Å². The zero-order valence-electron chi connectivity index (χ0n) is 14.2. The molecule has 2 rings (SSSR count). The molecule has 0 heterocycles. The van der Waals surface area contributed by atoms with E-state index in [4.69, 9.17) is 22.3 Å². The first-order valence-corrected chi connectivity index (χ1v) is 10.0. The summed E-state index contributed by atoms with van der Waals surface area (Å²) < 4.78 is 0. The topological polar surface area (TPSA) is 99.7 Å². The summed E-state index contributed by atoms with van der Waals surface area (Å²) in [6.07, 6.45) is 0. The van der Waals surface area contributed by atoms with Gasteiger partial charge in [0.25, 0.3) is 0 Å². The molecule has 4 nitrogen and oxygen atoms in total. The predicted molar refractivity (Wildman–Crippen MR) is 129 cm³/mol. The van der Waals surface area contributed by atoms with Gasteiger partial charge in [0.15, 0.2) is 10.3 Å². The molecule has 2 aromatic rings. The second-order valence-corrected chi connectivity index (χ2v) is 8.24. The number of aryl methyl sites for hydroxylation is 1. The minimum atomic E-state index is 0. The maximum Gasteiger partial charge on any atom is 0.151 e. The van der Waals surface area contributed by atoms with Crippen molar-refractivity contribution in [2.75, 3.05) is 0 Å². The Hall–Kier alpha value is -0.610. The fourth-order valence-corrected chi connectivity index (χ4v) is 4.42. The van der Waals surface area contributed by atoms with E-state index in [0.717, 1.165) is 15.4 Å². The zero-order valence-corrected chi connectivity index (χ0v) is 20.0. The van der Waals surface area contributed by atoms with Crippen LogP contribution in [0.15, 0.2) is 52.3 Å². The average molecular weight is 538 g/mol. The van der Waals surface area contributed by atoms with Gasteiger partial charge in [-0.05, 0) is 30.2 Å². The van der Waals surface area contributed by atoms with Crippen molar-refractivity contribution in [1.82, 2.24) is 0 Å². The van der Waals surface area contributed by atoms with E-state index in [9.17, 15) is 0 Å². The summed E-state index contributed by atoms with van der Waals surface area (Å²) >= 11 is 4.37. The Labute approximate surface area is 188 Å². The van der Waals surface area contributed by atoms with E-state index >= 15 is 0 Å². The fourth-order valence-electron chi connectivity index (χ4n) is 2.07. The molecular formula is C17H22Br2N4S3. The van der Waals surface area contributed by atoms with E-state index in [2.05, 4.69) is 37.3 Å². The summed E-state index contributed by atoms with van der Waals surface area (Å²) in [5.41, 5.74) is 14.5. The predicted octanol–water partition coefficient (Wildman–Crippen LogP) is 5.56. The Balaban J connectivity index is 0.00000312.